The molecule has 3 nitrogen and oxygen atoms in total. The van der Waals surface area contributed by atoms with Crippen LogP contribution in [0, 0.1) is 0 Å². The standard InChI is InChI=1S/C14H17ClO3/c1-3-4-9-18-14(17)10(2)13(16)11-5-7-12(15)8-6-11/h5-8,13,16H,2-4,9H2,1H3. The largest absolute Gasteiger partial charge is 0.462 e. The van der Waals surface area contributed by atoms with Crippen LogP contribution in [0.15, 0.2) is 36.4 Å². The lowest BCUT2D eigenvalue weighted by Gasteiger charge is -2.13. The van der Waals surface area contributed by atoms with Gasteiger partial charge in [-0.25, -0.2) is 4.79 Å². The Morgan fingerprint density at radius 3 is 2.61 bits per heavy atom. The van der Waals surface area contributed by atoms with E-state index in [1.165, 1.54) is 0 Å². The van der Waals surface area contributed by atoms with E-state index >= 15 is 0 Å². The first-order valence-corrected chi connectivity index (χ1v) is 6.23. The van der Waals surface area contributed by atoms with E-state index < -0.39 is 12.1 Å². The van der Waals surface area contributed by atoms with Gasteiger partial charge >= 0.3 is 5.97 Å². The summed E-state index contributed by atoms with van der Waals surface area (Å²) in [5, 5.41) is 10.5. The van der Waals surface area contributed by atoms with Crippen molar-refractivity contribution in [1.82, 2.24) is 0 Å². The number of benzene rings is 1. The predicted octanol–water partition coefficient (Wildman–Crippen LogP) is 3.27. The van der Waals surface area contributed by atoms with Crippen LogP contribution in [0.5, 0.6) is 0 Å². The highest BCUT2D eigenvalue weighted by Gasteiger charge is 2.19. The van der Waals surface area contributed by atoms with Crippen LogP contribution in [-0.4, -0.2) is 17.7 Å². The molecule has 0 fully saturated rings. The van der Waals surface area contributed by atoms with Gasteiger partial charge in [-0.3, -0.25) is 0 Å². The van der Waals surface area contributed by atoms with Crippen LogP contribution in [0.25, 0.3) is 0 Å². The number of unbranched alkanes of at least 4 members (excludes halogenated alkanes) is 1. The first-order valence-electron chi connectivity index (χ1n) is 5.85. The molecule has 1 unspecified atom stereocenters. The molecule has 1 N–H and O–H groups in total. The Balaban J connectivity index is 2.60. The van der Waals surface area contributed by atoms with E-state index in [0.717, 1.165) is 12.8 Å². The Hall–Kier alpha value is -1.32. The lowest BCUT2D eigenvalue weighted by atomic mass is 10.0. The molecule has 0 aliphatic rings. The van der Waals surface area contributed by atoms with Crippen LogP contribution in [0.2, 0.25) is 5.02 Å². The zero-order valence-corrected chi connectivity index (χ0v) is 11.1. The smallest absolute Gasteiger partial charge is 0.336 e. The maximum atomic E-state index is 11.6. The van der Waals surface area contributed by atoms with E-state index in [9.17, 15) is 9.90 Å². The second-order valence-electron chi connectivity index (χ2n) is 3.97. The monoisotopic (exact) mass is 268 g/mol. The summed E-state index contributed by atoms with van der Waals surface area (Å²) in [5.74, 6) is -0.564. The molecular weight excluding hydrogens is 252 g/mol. The molecular formula is C14H17ClO3. The van der Waals surface area contributed by atoms with Crippen molar-refractivity contribution in [3.63, 3.8) is 0 Å². The molecule has 0 radical (unpaired) electrons. The van der Waals surface area contributed by atoms with E-state index in [4.69, 9.17) is 16.3 Å². The molecule has 0 aliphatic carbocycles. The highest BCUT2D eigenvalue weighted by atomic mass is 35.5. The summed E-state index contributed by atoms with van der Waals surface area (Å²) in [5.41, 5.74) is 0.602. The predicted molar refractivity (Wildman–Crippen MR) is 71.4 cm³/mol. The van der Waals surface area contributed by atoms with Crippen LogP contribution in [-0.2, 0) is 9.53 Å². The molecule has 0 aliphatic heterocycles. The van der Waals surface area contributed by atoms with Gasteiger partial charge < -0.3 is 9.84 Å². The zero-order chi connectivity index (χ0) is 13.5. The highest BCUT2D eigenvalue weighted by molar-refractivity contribution is 6.30. The molecule has 1 rings (SSSR count). The number of esters is 1. The number of aliphatic hydroxyl groups excluding tert-OH is 1. The molecule has 98 valence electrons. The maximum Gasteiger partial charge on any atom is 0.336 e. The van der Waals surface area contributed by atoms with Crippen LogP contribution in [0.3, 0.4) is 0 Å². The van der Waals surface area contributed by atoms with Gasteiger partial charge in [0, 0.05) is 5.02 Å². The number of aliphatic hydroxyl groups is 1. The summed E-state index contributed by atoms with van der Waals surface area (Å²) in [6.45, 7) is 5.93. The molecule has 1 atom stereocenters. The minimum atomic E-state index is -1.06. The van der Waals surface area contributed by atoms with Crippen molar-refractivity contribution in [3.8, 4) is 0 Å². The van der Waals surface area contributed by atoms with Gasteiger partial charge in [0.1, 0.15) is 6.10 Å². The first kappa shape index (κ1) is 14.7. The summed E-state index contributed by atoms with van der Waals surface area (Å²) in [4.78, 5) is 11.6. The van der Waals surface area contributed by atoms with Gasteiger partial charge in [-0.2, -0.15) is 0 Å². The van der Waals surface area contributed by atoms with Crippen LogP contribution < -0.4 is 0 Å². The molecule has 0 bridgehead atoms. The molecule has 0 aromatic heterocycles. The minimum Gasteiger partial charge on any atom is -0.462 e. The van der Waals surface area contributed by atoms with Gasteiger partial charge in [-0.1, -0.05) is 43.7 Å². The fourth-order valence-electron chi connectivity index (χ4n) is 1.36. The third-order valence-corrected chi connectivity index (χ3v) is 2.76. The summed E-state index contributed by atoms with van der Waals surface area (Å²) in [6, 6.07) is 6.60. The second-order valence-corrected chi connectivity index (χ2v) is 4.41. The van der Waals surface area contributed by atoms with Crippen LogP contribution in [0.1, 0.15) is 31.4 Å². The first-order chi connectivity index (χ1) is 8.56. The van der Waals surface area contributed by atoms with Gasteiger partial charge in [0.05, 0.1) is 12.2 Å². The van der Waals surface area contributed by atoms with E-state index in [1.807, 2.05) is 6.92 Å². The number of rotatable bonds is 6. The topological polar surface area (TPSA) is 46.5 Å². The lowest BCUT2D eigenvalue weighted by Crippen LogP contribution is -2.14. The average Bonchev–Trinajstić information content (AvgIpc) is 2.38. The molecule has 0 saturated heterocycles. The van der Waals surface area contributed by atoms with Crippen molar-refractivity contribution in [2.45, 2.75) is 25.9 Å². The average molecular weight is 269 g/mol. The van der Waals surface area contributed by atoms with Gasteiger partial charge in [0.2, 0.25) is 0 Å². The number of hydrogen-bond acceptors (Lipinski definition) is 3. The quantitative estimate of drug-likeness (QED) is 0.489. The van der Waals surface area contributed by atoms with Crippen LogP contribution >= 0.6 is 11.6 Å². The molecule has 0 amide bonds. The third-order valence-electron chi connectivity index (χ3n) is 2.51. The van der Waals surface area contributed by atoms with E-state index in [1.54, 1.807) is 24.3 Å². The number of halogens is 1. The SMILES string of the molecule is C=C(C(=O)OCCCC)C(O)c1ccc(Cl)cc1. The van der Waals surface area contributed by atoms with Crippen molar-refractivity contribution < 1.29 is 14.6 Å². The maximum absolute atomic E-state index is 11.6. The Bertz CT molecular complexity index is 412. The van der Waals surface area contributed by atoms with Crippen LogP contribution in [0.4, 0.5) is 0 Å². The van der Waals surface area contributed by atoms with E-state index in [2.05, 4.69) is 6.58 Å². The molecule has 0 saturated carbocycles. The lowest BCUT2D eigenvalue weighted by molar-refractivity contribution is -0.140. The molecule has 1 aromatic carbocycles. The molecule has 4 heteroatoms. The van der Waals surface area contributed by atoms with Crippen molar-refractivity contribution in [2.75, 3.05) is 6.61 Å². The van der Waals surface area contributed by atoms with Gasteiger partial charge in [0.15, 0.2) is 0 Å². The van der Waals surface area contributed by atoms with Crippen molar-refractivity contribution in [2.24, 2.45) is 0 Å². The Morgan fingerprint density at radius 2 is 2.06 bits per heavy atom. The third kappa shape index (κ3) is 4.17. The number of carbonyl (C=O) groups excluding carboxylic acids is 1. The Morgan fingerprint density at radius 1 is 1.44 bits per heavy atom. The number of ether oxygens (including phenoxy) is 1. The highest BCUT2D eigenvalue weighted by Crippen LogP contribution is 2.22. The number of carbonyl (C=O) groups is 1. The molecule has 0 spiro atoms. The Kier molecular flexibility index (Phi) is 5.89. The van der Waals surface area contributed by atoms with Gasteiger partial charge in [-0.05, 0) is 24.1 Å². The summed E-state index contributed by atoms with van der Waals surface area (Å²) < 4.78 is 4.99. The van der Waals surface area contributed by atoms with Crippen molar-refractivity contribution in [3.05, 3.63) is 47.0 Å². The molecule has 0 heterocycles. The van der Waals surface area contributed by atoms with Gasteiger partial charge in [0.25, 0.3) is 0 Å². The molecule has 1 aromatic rings. The summed E-state index contributed by atoms with van der Waals surface area (Å²) in [7, 11) is 0. The summed E-state index contributed by atoms with van der Waals surface area (Å²) >= 11 is 5.75. The van der Waals surface area contributed by atoms with E-state index in [-0.39, 0.29) is 5.57 Å². The second kappa shape index (κ2) is 7.19. The van der Waals surface area contributed by atoms with E-state index in [0.29, 0.717) is 17.2 Å². The van der Waals surface area contributed by atoms with Gasteiger partial charge in [-0.15, -0.1) is 0 Å². The molecule has 18 heavy (non-hydrogen) atoms. The zero-order valence-electron chi connectivity index (χ0n) is 10.4. The van der Waals surface area contributed by atoms with Crippen molar-refractivity contribution >= 4 is 17.6 Å². The summed E-state index contributed by atoms with van der Waals surface area (Å²) in [6.07, 6.45) is 0.687. The number of hydrogen-bond donors (Lipinski definition) is 1. The fraction of sp³-hybridized carbons (Fsp3) is 0.357. The normalized spacial score (nSPS) is 11.9. The fourth-order valence-corrected chi connectivity index (χ4v) is 1.49. The van der Waals surface area contributed by atoms with Crippen molar-refractivity contribution in [1.29, 1.82) is 0 Å². The minimum absolute atomic E-state index is 0.0356. The Labute approximate surface area is 112 Å².